The van der Waals surface area contributed by atoms with Crippen LogP contribution in [0.25, 0.3) is 0 Å². The van der Waals surface area contributed by atoms with Crippen molar-refractivity contribution in [3.8, 4) is 0 Å². The van der Waals surface area contributed by atoms with Crippen molar-refractivity contribution in [1.82, 2.24) is 15.1 Å². The predicted molar refractivity (Wildman–Crippen MR) is 87.2 cm³/mol. The summed E-state index contributed by atoms with van der Waals surface area (Å²) in [7, 11) is 2.21. The highest BCUT2D eigenvalue weighted by atomic mass is 16.3. The molecular formula is C17H31N3O. The molecule has 120 valence electrons. The monoisotopic (exact) mass is 293 g/mol. The topological polar surface area (TPSA) is 31.6 Å². The first kappa shape index (κ1) is 16.5. The highest BCUT2D eigenvalue weighted by molar-refractivity contribution is 5.07. The van der Waals surface area contributed by atoms with Crippen molar-refractivity contribution >= 4 is 0 Å². The van der Waals surface area contributed by atoms with E-state index in [0.717, 1.165) is 50.8 Å². The van der Waals surface area contributed by atoms with Gasteiger partial charge < -0.3 is 9.73 Å². The fourth-order valence-corrected chi connectivity index (χ4v) is 2.78. The molecule has 0 aliphatic carbocycles. The van der Waals surface area contributed by atoms with Crippen LogP contribution in [-0.4, -0.2) is 48.6 Å². The molecule has 4 nitrogen and oxygen atoms in total. The van der Waals surface area contributed by atoms with Crippen LogP contribution in [0.5, 0.6) is 0 Å². The van der Waals surface area contributed by atoms with Gasteiger partial charge in [-0.1, -0.05) is 13.8 Å². The minimum Gasteiger partial charge on any atom is -0.463 e. The molecule has 21 heavy (non-hydrogen) atoms. The number of hydrogen-bond donors (Lipinski definition) is 1. The fraction of sp³-hybridized carbons (Fsp3) is 0.765. The van der Waals surface area contributed by atoms with E-state index >= 15 is 0 Å². The first-order valence-electron chi connectivity index (χ1n) is 8.09. The molecule has 0 spiro atoms. The fourth-order valence-electron chi connectivity index (χ4n) is 2.78. The van der Waals surface area contributed by atoms with Crippen LogP contribution in [0.4, 0.5) is 0 Å². The zero-order chi connectivity index (χ0) is 15.5. The first-order chi connectivity index (χ1) is 9.87. The van der Waals surface area contributed by atoms with Crippen LogP contribution < -0.4 is 5.32 Å². The maximum Gasteiger partial charge on any atom is 0.118 e. The molecule has 0 saturated carbocycles. The molecule has 2 rings (SSSR count). The van der Waals surface area contributed by atoms with Crippen LogP contribution in [0, 0.1) is 5.92 Å². The molecule has 1 aliphatic heterocycles. The third kappa shape index (κ3) is 4.83. The maximum absolute atomic E-state index is 5.95. The molecule has 0 unspecified atom stereocenters. The second-order valence-corrected chi connectivity index (χ2v) is 7.34. The lowest BCUT2D eigenvalue weighted by molar-refractivity contribution is 0.0326. The van der Waals surface area contributed by atoms with Crippen molar-refractivity contribution in [2.24, 2.45) is 5.92 Å². The van der Waals surface area contributed by atoms with E-state index in [9.17, 15) is 0 Å². The van der Waals surface area contributed by atoms with Crippen LogP contribution in [0.1, 0.15) is 39.2 Å². The second kappa shape index (κ2) is 6.95. The Bertz CT molecular complexity index is 439. The summed E-state index contributed by atoms with van der Waals surface area (Å²) in [6, 6.07) is 4.22. The van der Waals surface area contributed by atoms with E-state index in [4.69, 9.17) is 4.42 Å². The maximum atomic E-state index is 5.95. The molecule has 1 saturated heterocycles. The molecule has 0 amide bonds. The summed E-state index contributed by atoms with van der Waals surface area (Å²) in [4.78, 5) is 4.93. The average Bonchev–Trinajstić information content (AvgIpc) is 2.81. The van der Waals surface area contributed by atoms with Gasteiger partial charge >= 0.3 is 0 Å². The van der Waals surface area contributed by atoms with Gasteiger partial charge in [0.05, 0.1) is 13.1 Å². The quantitative estimate of drug-likeness (QED) is 0.873. The summed E-state index contributed by atoms with van der Waals surface area (Å²) in [5.74, 6) is 2.79. The van der Waals surface area contributed by atoms with Gasteiger partial charge in [0, 0.05) is 25.2 Å². The van der Waals surface area contributed by atoms with Gasteiger partial charge in [-0.05, 0) is 45.5 Å². The van der Waals surface area contributed by atoms with Crippen LogP contribution in [0.15, 0.2) is 16.5 Å². The molecule has 1 aliphatic rings. The van der Waals surface area contributed by atoms with Crippen LogP contribution in [-0.2, 0) is 13.1 Å². The van der Waals surface area contributed by atoms with Crippen molar-refractivity contribution < 1.29 is 4.42 Å². The summed E-state index contributed by atoms with van der Waals surface area (Å²) >= 11 is 0. The summed E-state index contributed by atoms with van der Waals surface area (Å²) in [5.41, 5.74) is 0.243. The molecule has 0 radical (unpaired) electrons. The van der Waals surface area contributed by atoms with Crippen molar-refractivity contribution in [3.05, 3.63) is 23.7 Å². The van der Waals surface area contributed by atoms with E-state index in [1.54, 1.807) is 0 Å². The average molecular weight is 293 g/mol. The minimum absolute atomic E-state index is 0.243. The first-order valence-corrected chi connectivity index (χ1v) is 8.09. The Kier molecular flexibility index (Phi) is 5.47. The third-order valence-electron chi connectivity index (χ3n) is 4.34. The Balaban J connectivity index is 1.82. The lowest BCUT2D eigenvalue weighted by Crippen LogP contribution is -2.57. The molecule has 0 aromatic carbocycles. The SMILES string of the molecule is CC(C)CNCc1ccc(CN2CCN(C)C(C)(C)C2)o1. The smallest absolute Gasteiger partial charge is 0.118 e. The molecule has 1 aromatic heterocycles. The Morgan fingerprint density at radius 1 is 1.24 bits per heavy atom. The number of nitrogens with one attached hydrogen (secondary N) is 1. The number of likely N-dealkylation sites (N-methyl/N-ethyl adjacent to an activating group) is 1. The molecular weight excluding hydrogens is 262 g/mol. The van der Waals surface area contributed by atoms with Gasteiger partial charge in [0.25, 0.3) is 0 Å². The van der Waals surface area contributed by atoms with E-state index in [2.05, 4.69) is 62.0 Å². The van der Waals surface area contributed by atoms with Crippen molar-refractivity contribution in [2.75, 3.05) is 33.2 Å². The highest BCUT2D eigenvalue weighted by Gasteiger charge is 2.31. The van der Waals surface area contributed by atoms with Gasteiger partial charge in [0.15, 0.2) is 0 Å². The summed E-state index contributed by atoms with van der Waals surface area (Å²) in [5, 5.41) is 3.42. The van der Waals surface area contributed by atoms with Gasteiger partial charge in [0.2, 0.25) is 0 Å². The van der Waals surface area contributed by atoms with Crippen LogP contribution in [0.3, 0.4) is 0 Å². The minimum atomic E-state index is 0.243. The van der Waals surface area contributed by atoms with Gasteiger partial charge in [-0.25, -0.2) is 0 Å². The van der Waals surface area contributed by atoms with E-state index in [0.29, 0.717) is 5.92 Å². The summed E-state index contributed by atoms with van der Waals surface area (Å²) < 4.78 is 5.95. The molecule has 1 N–H and O–H groups in total. The normalized spacial score (nSPS) is 20.3. The Labute approximate surface area is 129 Å². The molecule has 1 aromatic rings. The molecule has 0 bridgehead atoms. The molecule has 0 atom stereocenters. The van der Waals surface area contributed by atoms with Crippen molar-refractivity contribution in [2.45, 2.75) is 46.3 Å². The summed E-state index contributed by atoms with van der Waals surface area (Å²) in [6.07, 6.45) is 0. The van der Waals surface area contributed by atoms with Crippen LogP contribution in [0.2, 0.25) is 0 Å². The van der Waals surface area contributed by atoms with Gasteiger partial charge in [-0.3, -0.25) is 9.80 Å². The van der Waals surface area contributed by atoms with E-state index in [1.165, 1.54) is 0 Å². The van der Waals surface area contributed by atoms with Gasteiger partial charge in [0.1, 0.15) is 11.5 Å². The largest absolute Gasteiger partial charge is 0.463 e. The van der Waals surface area contributed by atoms with Gasteiger partial charge in [-0.15, -0.1) is 0 Å². The lowest BCUT2D eigenvalue weighted by atomic mass is 10.00. The molecule has 1 fully saturated rings. The zero-order valence-corrected chi connectivity index (χ0v) is 14.3. The van der Waals surface area contributed by atoms with Gasteiger partial charge in [-0.2, -0.15) is 0 Å². The predicted octanol–water partition coefficient (Wildman–Crippen LogP) is 2.55. The number of piperazine rings is 1. The standard InChI is InChI=1S/C17H31N3O/c1-14(2)10-18-11-15-6-7-16(21-15)12-20-9-8-19(5)17(3,4)13-20/h6-7,14,18H,8-13H2,1-5H3. The highest BCUT2D eigenvalue weighted by Crippen LogP contribution is 2.21. The zero-order valence-electron chi connectivity index (χ0n) is 14.3. The lowest BCUT2D eigenvalue weighted by Gasteiger charge is -2.45. The van der Waals surface area contributed by atoms with Crippen molar-refractivity contribution in [3.63, 3.8) is 0 Å². The number of rotatable bonds is 6. The molecule has 4 heteroatoms. The van der Waals surface area contributed by atoms with E-state index < -0.39 is 0 Å². The molecule has 2 heterocycles. The second-order valence-electron chi connectivity index (χ2n) is 7.34. The third-order valence-corrected chi connectivity index (χ3v) is 4.34. The van der Waals surface area contributed by atoms with E-state index in [1.807, 2.05) is 0 Å². The van der Waals surface area contributed by atoms with Crippen LogP contribution >= 0.6 is 0 Å². The Morgan fingerprint density at radius 3 is 2.62 bits per heavy atom. The Morgan fingerprint density at radius 2 is 1.95 bits per heavy atom. The Hall–Kier alpha value is -0.840. The summed E-state index contributed by atoms with van der Waals surface area (Å²) in [6.45, 7) is 15.1. The van der Waals surface area contributed by atoms with Crippen molar-refractivity contribution in [1.29, 1.82) is 0 Å². The number of hydrogen-bond acceptors (Lipinski definition) is 4. The number of furan rings is 1. The number of nitrogens with zero attached hydrogens (tertiary/aromatic N) is 2. The van der Waals surface area contributed by atoms with E-state index in [-0.39, 0.29) is 5.54 Å².